The summed E-state index contributed by atoms with van der Waals surface area (Å²) >= 11 is 0. The predicted octanol–water partition coefficient (Wildman–Crippen LogP) is 1.31. The first kappa shape index (κ1) is 12.2. The molecule has 1 aromatic heterocycles. The Hall–Kier alpha value is -2.81. The lowest BCUT2D eigenvalue weighted by molar-refractivity contribution is -0.120. The van der Waals surface area contributed by atoms with Crippen molar-refractivity contribution in [2.45, 2.75) is 0 Å². The number of carbonyl (C=O) groups is 1. The molecular weight excluding hydrogens is 256 g/mol. The molecule has 2 aromatic rings. The molecule has 0 atom stereocenters. The molecule has 1 aliphatic heterocycles. The number of imidazole rings is 1. The first-order valence-corrected chi connectivity index (χ1v) is 6.07. The van der Waals surface area contributed by atoms with Crippen molar-refractivity contribution in [3.05, 3.63) is 30.2 Å². The molecule has 0 N–H and O–H groups in total. The van der Waals surface area contributed by atoms with Crippen LogP contribution in [0, 0.1) is 11.3 Å². The topological polar surface area (TPSA) is 71.2 Å². The molecule has 20 heavy (non-hydrogen) atoms. The molecule has 6 heteroatoms. The molecule has 1 aromatic carbocycles. The lowest BCUT2D eigenvalue weighted by Crippen LogP contribution is -2.35. The third-order valence-corrected chi connectivity index (χ3v) is 3.36. The summed E-state index contributed by atoms with van der Waals surface area (Å²) in [5.74, 6) is 0.557. The van der Waals surface area contributed by atoms with E-state index in [0.29, 0.717) is 22.8 Å². The van der Waals surface area contributed by atoms with Gasteiger partial charge in [-0.1, -0.05) is 0 Å². The molecule has 1 aliphatic rings. The molecule has 3 rings (SSSR count). The molecule has 0 unspecified atom stereocenters. The van der Waals surface area contributed by atoms with E-state index in [9.17, 15) is 10.1 Å². The van der Waals surface area contributed by atoms with Gasteiger partial charge < -0.3 is 14.2 Å². The minimum absolute atomic E-state index is 0.0515. The Bertz CT molecular complexity index is 742. The molecule has 0 aliphatic carbocycles. The lowest BCUT2D eigenvalue weighted by atomic mass is 10.1. The lowest BCUT2D eigenvalue weighted by Gasteiger charge is -2.26. The monoisotopic (exact) mass is 268 g/mol. The van der Waals surface area contributed by atoms with Crippen LogP contribution in [0.25, 0.3) is 11.3 Å². The minimum atomic E-state index is -0.101. The van der Waals surface area contributed by atoms with Gasteiger partial charge in [-0.2, -0.15) is 5.26 Å². The van der Waals surface area contributed by atoms with E-state index in [1.165, 1.54) is 0 Å². The molecule has 6 nitrogen and oxygen atoms in total. The molecule has 0 radical (unpaired) electrons. The van der Waals surface area contributed by atoms with Crippen LogP contribution in [0.3, 0.4) is 0 Å². The first-order chi connectivity index (χ1) is 9.61. The summed E-state index contributed by atoms with van der Waals surface area (Å²) in [6.45, 7) is 0.0515. The number of amides is 1. The SMILES string of the molecule is CN1C(=O)COc2ccc(-c3ncn(C)c3C#N)cc21. The second kappa shape index (κ2) is 4.38. The molecule has 1 amide bonds. The van der Waals surface area contributed by atoms with Crippen LogP contribution >= 0.6 is 0 Å². The Morgan fingerprint density at radius 2 is 2.20 bits per heavy atom. The van der Waals surface area contributed by atoms with Crippen LogP contribution < -0.4 is 9.64 Å². The van der Waals surface area contributed by atoms with Crippen molar-refractivity contribution >= 4 is 11.6 Å². The second-order valence-electron chi connectivity index (χ2n) is 4.59. The van der Waals surface area contributed by atoms with Crippen molar-refractivity contribution in [1.82, 2.24) is 9.55 Å². The van der Waals surface area contributed by atoms with Crippen LogP contribution in [0.5, 0.6) is 5.75 Å². The number of hydrogen-bond donors (Lipinski definition) is 0. The largest absolute Gasteiger partial charge is 0.482 e. The van der Waals surface area contributed by atoms with Gasteiger partial charge in [0.05, 0.1) is 12.0 Å². The fraction of sp³-hybridized carbons (Fsp3) is 0.214. The fourth-order valence-corrected chi connectivity index (χ4v) is 2.19. The number of hydrogen-bond acceptors (Lipinski definition) is 4. The van der Waals surface area contributed by atoms with E-state index in [2.05, 4.69) is 11.1 Å². The minimum Gasteiger partial charge on any atom is -0.482 e. The maximum absolute atomic E-state index is 11.7. The van der Waals surface area contributed by atoms with Gasteiger partial charge in [0.1, 0.15) is 23.2 Å². The number of benzene rings is 1. The van der Waals surface area contributed by atoms with Crippen LogP contribution in [0.2, 0.25) is 0 Å². The van der Waals surface area contributed by atoms with Crippen molar-refractivity contribution in [3.8, 4) is 23.1 Å². The number of fused-ring (bicyclic) bond motifs is 1. The zero-order valence-electron chi connectivity index (χ0n) is 11.1. The van der Waals surface area contributed by atoms with E-state index in [1.807, 2.05) is 12.1 Å². The van der Waals surface area contributed by atoms with Crippen molar-refractivity contribution in [2.75, 3.05) is 18.6 Å². The van der Waals surface area contributed by atoms with Crippen LogP contribution in [0.4, 0.5) is 5.69 Å². The summed E-state index contributed by atoms with van der Waals surface area (Å²) in [5.41, 5.74) is 2.55. The molecule has 2 heterocycles. The highest BCUT2D eigenvalue weighted by atomic mass is 16.5. The van der Waals surface area contributed by atoms with Gasteiger partial charge in [0, 0.05) is 19.7 Å². The average Bonchev–Trinajstić information content (AvgIpc) is 2.83. The van der Waals surface area contributed by atoms with Gasteiger partial charge in [-0.05, 0) is 18.2 Å². The number of nitrogens with zero attached hydrogens (tertiary/aromatic N) is 4. The Labute approximate surface area is 115 Å². The number of aryl methyl sites for hydroxylation is 1. The van der Waals surface area contributed by atoms with Gasteiger partial charge in [-0.15, -0.1) is 0 Å². The number of likely N-dealkylation sites (N-methyl/N-ethyl adjacent to an activating group) is 1. The van der Waals surface area contributed by atoms with Crippen LogP contribution in [0.15, 0.2) is 24.5 Å². The molecule has 0 saturated carbocycles. The summed E-state index contributed by atoms with van der Waals surface area (Å²) in [5, 5.41) is 9.18. The van der Waals surface area contributed by atoms with Gasteiger partial charge in [0.15, 0.2) is 6.61 Å². The molecular formula is C14H12N4O2. The van der Waals surface area contributed by atoms with Crippen molar-refractivity contribution < 1.29 is 9.53 Å². The van der Waals surface area contributed by atoms with Crippen LogP contribution in [-0.4, -0.2) is 29.1 Å². The summed E-state index contributed by atoms with van der Waals surface area (Å²) < 4.78 is 7.04. The van der Waals surface area contributed by atoms with Gasteiger partial charge in [-0.25, -0.2) is 4.98 Å². The molecule has 0 fully saturated rings. The van der Waals surface area contributed by atoms with Gasteiger partial charge >= 0.3 is 0 Å². The van der Waals surface area contributed by atoms with Gasteiger partial charge in [-0.3, -0.25) is 4.79 Å². The number of rotatable bonds is 1. The highest BCUT2D eigenvalue weighted by Gasteiger charge is 2.23. The Morgan fingerprint density at radius 3 is 2.95 bits per heavy atom. The number of nitriles is 1. The second-order valence-corrected chi connectivity index (χ2v) is 4.59. The number of anilines is 1. The van der Waals surface area contributed by atoms with E-state index >= 15 is 0 Å². The number of carbonyl (C=O) groups excluding carboxylic acids is 1. The van der Waals surface area contributed by atoms with Crippen molar-refractivity contribution in [3.63, 3.8) is 0 Å². The predicted molar refractivity (Wildman–Crippen MR) is 72.3 cm³/mol. The fourth-order valence-electron chi connectivity index (χ4n) is 2.19. The Morgan fingerprint density at radius 1 is 1.40 bits per heavy atom. The average molecular weight is 268 g/mol. The van der Waals surface area contributed by atoms with E-state index < -0.39 is 0 Å². The van der Waals surface area contributed by atoms with E-state index in [4.69, 9.17) is 4.74 Å². The number of aromatic nitrogens is 2. The maximum atomic E-state index is 11.7. The van der Waals surface area contributed by atoms with Crippen LogP contribution in [0.1, 0.15) is 5.69 Å². The smallest absolute Gasteiger partial charge is 0.264 e. The summed E-state index contributed by atoms with van der Waals surface area (Å²) in [6.07, 6.45) is 1.60. The highest BCUT2D eigenvalue weighted by molar-refractivity contribution is 5.98. The van der Waals surface area contributed by atoms with E-state index in [1.54, 1.807) is 36.0 Å². The van der Waals surface area contributed by atoms with Gasteiger partial charge in [0.25, 0.3) is 5.91 Å². The zero-order valence-corrected chi connectivity index (χ0v) is 11.1. The third kappa shape index (κ3) is 1.72. The molecule has 100 valence electrons. The summed E-state index contributed by atoms with van der Waals surface area (Å²) in [7, 11) is 3.48. The zero-order chi connectivity index (χ0) is 14.3. The number of ether oxygens (including phenoxy) is 1. The Kier molecular flexibility index (Phi) is 2.68. The van der Waals surface area contributed by atoms with Crippen molar-refractivity contribution in [2.24, 2.45) is 7.05 Å². The first-order valence-electron chi connectivity index (χ1n) is 6.07. The van der Waals surface area contributed by atoms with Crippen molar-refractivity contribution in [1.29, 1.82) is 5.26 Å². The Balaban J connectivity index is 2.13. The standard InChI is InChI=1S/C14H12N4O2/c1-17-8-16-14(11(17)6-15)9-3-4-12-10(5-9)18(2)13(19)7-20-12/h3-5,8H,7H2,1-2H3. The van der Waals surface area contributed by atoms with Crippen LogP contribution in [-0.2, 0) is 11.8 Å². The molecule has 0 spiro atoms. The van der Waals surface area contributed by atoms with E-state index in [0.717, 1.165) is 5.56 Å². The maximum Gasteiger partial charge on any atom is 0.264 e. The normalized spacial score (nSPS) is 13.7. The van der Waals surface area contributed by atoms with E-state index in [-0.39, 0.29) is 12.5 Å². The third-order valence-electron chi connectivity index (χ3n) is 3.36. The summed E-state index contributed by atoms with van der Waals surface area (Å²) in [4.78, 5) is 17.5. The summed E-state index contributed by atoms with van der Waals surface area (Å²) in [6, 6.07) is 7.58. The molecule has 0 saturated heterocycles. The quantitative estimate of drug-likeness (QED) is 0.782. The van der Waals surface area contributed by atoms with Gasteiger partial charge in [0.2, 0.25) is 0 Å². The molecule has 0 bridgehead atoms. The highest BCUT2D eigenvalue weighted by Crippen LogP contribution is 2.35.